The summed E-state index contributed by atoms with van der Waals surface area (Å²) >= 11 is 0. The lowest BCUT2D eigenvalue weighted by molar-refractivity contribution is -0.137. The van der Waals surface area contributed by atoms with Crippen LogP contribution in [0.1, 0.15) is 52.5 Å². The summed E-state index contributed by atoms with van der Waals surface area (Å²) in [6.07, 6.45) is 7.72. The Kier molecular flexibility index (Phi) is 5.04. The van der Waals surface area contributed by atoms with Gasteiger partial charge in [0.2, 0.25) is 0 Å². The molecule has 1 amide bonds. The highest BCUT2D eigenvalue weighted by Crippen LogP contribution is 2.16. The third-order valence-electron chi connectivity index (χ3n) is 3.69. The maximum absolute atomic E-state index is 12.4. The molecule has 5 heteroatoms. The Hall–Kier alpha value is -1.52. The van der Waals surface area contributed by atoms with E-state index in [4.69, 9.17) is 4.74 Å². The fraction of sp³-hybridized carbons (Fsp3) is 0.733. The predicted molar refractivity (Wildman–Crippen MR) is 77.8 cm³/mol. The van der Waals surface area contributed by atoms with Crippen LogP contribution in [-0.2, 0) is 4.79 Å². The summed E-state index contributed by atoms with van der Waals surface area (Å²) in [5.41, 5.74) is 0. The zero-order valence-corrected chi connectivity index (χ0v) is 12.7. The van der Waals surface area contributed by atoms with Gasteiger partial charge in [-0.25, -0.2) is 0 Å². The maximum Gasteiger partial charge on any atom is 0.263 e. The van der Waals surface area contributed by atoms with Crippen LogP contribution in [0.15, 0.2) is 12.4 Å². The van der Waals surface area contributed by atoms with Gasteiger partial charge in [-0.15, -0.1) is 0 Å². The van der Waals surface area contributed by atoms with Crippen molar-refractivity contribution in [3.63, 3.8) is 0 Å². The van der Waals surface area contributed by atoms with Gasteiger partial charge in [0, 0.05) is 19.1 Å². The van der Waals surface area contributed by atoms with Gasteiger partial charge in [0.25, 0.3) is 5.91 Å². The van der Waals surface area contributed by atoms with E-state index in [-0.39, 0.29) is 5.91 Å². The smallest absolute Gasteiger partial charge is 0.263 e. The molecule has 2 heterocycles. The molecule has 0 radical (unpaired) electrons. The quantitative estimate of drug-likeness (QED) is 0.851. The molecule has 1 fully saturated rings. The molecule has 0 spiro atoms. The van der Waals surface area contributed by atoms with E-state index < -0.39 is 6.10 Å². The second-order valence-corrected chi connectivity index (χ2v) is 5.75. The minimum Gasteiger partial charge on any atom is -0.478 e. The van der Waals surface area contributed by atoms with E-state index in [2.05, 4.69) is 18.9 Å². The van der Waals surface area contributed by atoms with Crippen LogP contribution in [-0.4, -0.2) is 39.8 Å². The second kappa shape index (κ2) is 6.77. The van der Waals surface area contributed by atoms with Crippen molar-refractivity contribution in [2.75, 3.05) is 13.1 Å². The fourth-order valence-electron chi connectivity index (χ4n) is 2.47. The third-order valence-corrected chi connectivity index (χ3v) is 3.69. The summed E-state index contributed by atoms with van der Waals surface area (Å²) in [5, 5.41) is 4.22. The third kappa shape index (κ3) is 3.74. The molecule has 1 atom stereocenters. The molecule has 5 nitrogen and oxygen atoms in total. The Labute approximate surface area is 120 Å². The van der Waals surface area contributed by atoms with Gasteiger partial charge in [0.05, 0.1) is 12.4 Å². The number of amides is 1. The zero-order valence-electron chi connectivity index (χ0n) is 12.7. The van der Waals surface area contributed by atoms with Crippen molar-refractivity contribution in [3.8, 4) is 5.75 Å². The van der Waals surface area contributed by atoms with Gasteiger partial charge < -0.3 is 9.64 Å². The Morgan fingerprint density at radius 3 is 2.40 bits per heavy atom. The van der Waals surface area contributed by atoms with Gasteiger partial charge in [-0.3, -0.25) is 9.48 Å². The standard InChI is InChI=1S/C15H25N3O2/c1-12(2)18-11-14(10-16-18)20-13(3)15(19)17-8-6-4-5-7-9-17/h10-13H,4-9H2,1-3H3. The van der Waals surface area contributed by atoms with E-state index >= 15 is 0 Å². The topological polar surface area (TPSA) is 47.4 Å². The van der Waals surface area contributed by atoms with Gasteiger partial charge >= 0.3 is 0 Å². The summed E-state index contributed by atoms with van der Waals surface area (Å²) in [7, 11) is 0. The second-order valence-electron chi connectivity index (χ2n) is 5.75. The SMILES string of the molecule is CC(Oc1cnn(C(C)C)c1)C(=O)N1CCCCCC1. The first kappa shape index (κ1) is 14.9. The van der Waals surface area contributed by atoms with Crippen LogP contribution in [0.3, 0.4) is 0 Å². The minimum absolute atomic E-state index is 0.0872. The van der Waals surface area contributed by atoms with Gasteiger partial charge in [0.15, 0.2) is 11.9 Å². The number of likely N-dealkylation sites (tertiary alicyclic amines) is 1. The van der Waals surface area contributed by atoms with Gasteiger partial charge in [0.1, 0.15) is 0 Å². The van der Waals surface area contributed by atoms with Gasteiger partial charge in [-0.2, -0.15) is 5.10 Å². The number of ether oxygens (including phenoxy) is 1. The Morgan fingerprint density at radius 1 is 1.20 bits per heavy atom. The Morgan fingerprint density at radius 2 is 1.85 bits per heavy atom. The predicted octanol–water partition coefficient (Wildman–Crippen LogP) is 2.63. The van der Waals surface area contributed by atoms with Crippen molar-refractivity contribution >= 4 is 5.91 Å². The molecule has 1 aromatic rings. The van der Waals surface area contributed by atoms with Crippen LogP contribution in [0.2, 0.25) is 0 Å². The number of hydrogen-bond donors (Lipinski definition) is 0. The van der Waals surface area contributed by atoms with Crippen LogP contribution in [0.25, 0.3) is 0 Å². The Balaban J connectivity index is 1.92. The number of carbonyl (C=O) groups excluding carboxylic acids is 1. The molecule has 112 valence electrons. The number of aromatic nitrogens is 2. The van der Waals surface area contributed by atoms with Crippen molar-refractivity contribution in [2.24, 2.45) is 0 Å². The van der Waals surface area contributed by atoms with Crippen LogP contribution in [0.4, 0.5) is 0 Å². The lowest BCUT2D eigenvalue weighted by Crippen LogP contribution is -2.40. The molecule has 20 heavy (non-hydrogen) atoms. The molecular weight excluding hydrogens is 254 g/mol. The van der Waals surface area contributed by atoms with E-state index in [1.807, 2.05) is 22.7 Å². The van der Waals surface area contributed by atoms with Crippen LogP contribution >= 0.6 is 0 Å². The lowest BCUT2D eigenvalue weighted by Gasteiger charge is -2.24. The monoisotopic (exact) mass is 279 g/mol. The zero-order chi connectivity index (χ0) is 14.5. The van der Waals surface area contributed by atoms with E-state index in [0.29, 0.717) is 11.8 Å². The van der Waals surface area contributed by atoms with Crippen LogP contribution in [0.5, 0.6) is 5.75 Å². The van der Waals surface area contributed by atoms with Crippen molar-refractivity contribution in [1.82, 2.24) is 14.7 Å². The number of rotatable bonds is 4. The summed E-state index contributed by atoms with van der Waals surface area (Å²) in [4.78, 5) is 14.3. The molecular formula is C15H25N3O2. The molecule has 0 bridgehead atoms. The first-order valence-corrected chi connectivity index (χ1v) is 7.57. The first-order valence-electron chi connectivity index (χ1n) is 7.57. The summed E-state index contributed by atoms with van der Waals surface area (Å²) in [6, 6.07) is 0.295. The average molecular weight is 279 g/mol. The molecule has 0 aliphatic carbocycles. The Bertz CT molecular complexity index is 434. The van der Waals surface area contributed by atoms with E-state index in [0.717, 1.165) is 25.9 Å². The minimum atomic E-state index is -0.446. The van der Waals surface area contributed by atoms with Crippen molar-refractivity contribution in [2.45, 2.75) is 58.6 Å². The molecule has 1 aliphatic rings. The number of nitrogens with zero attached hydrogens (tertiary/aromatic N) is 3. The number of hydrogen-bond acceptors (Lipinski definition) is 3. The largest absolute Gasteiger partial charge is 0.478 e. The molecule has 0 N–H and O–H groups in total. The van der Waals surface area contributed by atoms with E-state index in [1.165, 1.54) is 12.8 Å². The normalized spacial score (nSPS) is 17.9. The molecule has 0 aromatic carbocycles. The molecule has 1 saturated heterocycles. The van der Waals surface area contributed by atoms with E-state index in [1.54, 1.807) is 6.20 Å². The lowest BCUT2D eigenvalue weighted by atomic mass is 10.2. The van der Waals surface area contributed by atoms with E-state index in [9.17, 15) is 4.79 Å². The first-order chi connectivity index (χ1) is 9.58. The van der Waals surface area contributed by atoms with Gasteiger partial charge in [-0.05, 0) is 33.6 Å². The highest BCUT2D eigenvalue weighted by Gasteiger charge is 2.23. The molecule has 0 saturated carbocycles. The molecule has 2 rings (SSSR count). The van der Waals surface area contributed by atoms with Crippen molar-refractivity contribution in [3.05, 3.63) is 12.4 Å². The molecule has 1 aromatic heterocycles. The van der Waals surface area contributed by atoms with Crippen LogP contribution < -0.4 is 4.74 Å². The van der Waals surface area contributed by atoms with Crippen molar-refractivity contribution in [1.29, 1.82) is 0 Å². The summed E-state index contributed by atoms with van der Waals surface area (Å²) < 4.78 is 7.56. The highest BCUT2D eigenvalue weighted by atomic mass is 16.5. The maximum atomic E-state index is 12.4. The molecule has 1 unspecified atom stereocenters. The summed E-state index contributed by atoms with van der Waals surface area (Å²) in [6.45, 7) is 7.65. The summed E-state index contributed by atoms with van der Waals surface area (Å²) in [5.74, 6) is 0.749. The van der Waals surface area contributed by atoms with Crippen LogP contribution in [0, 0.1) is 0 Å². The fourth-order valence-corrected chi connectivity index (χ4v) is 2.47. The highest BCUT2D eigenvalue weighted by molar-refractivity contribution is 5.80. The number of carbonyl (C=O) groups is 1. The van der Waals surface area contributed by atoms with Crippen molar-refractivity contribution < 1.29 is 9.53 Å². The average Bonchev–Trinajstić information content (AvgIpc) is 2.72. The molecule has 1 aliphatic heterocycles. The van der Waals surface area contributed by atoms with Gasteiger partial charge in [-0.1, -0.05) is 12.8 Å².